The molecule has 0 radical (unpaired) electrons. The van der Waals surface area contributed by atoms with E-state index in [1.807, 2.05) is 0 Å². The number of anilines is 2. The first kappa shape index (κ1) is 23.1. The number of carbonyl (C=O) groups excluding carboxylic acids is 2. The summed E-state index contributed by atoms with van der Waals surface area (Å²) in [6.07, 6.45) is 0.876. The molecule has 0 fully saturated rings. The van der Waals surface area contributed by atoms with Crippen molar-refractivity contribution in [3.05, 3.63) is 58.6 Å². The number of hydrogen-bond acceptors (Lipinski definition) is 5. The smallest absolute Gasteiger partial charge is 0.251 e. The molecule has 1 atom stereocenters. The Kier molecular flexibility index (Phi) is 7.23. The number of hydrogen-bond donors (Lipinski definition) is 3. The van der Waals surface area contributed by atoms with Crippen molar-refractivity contribution >= 4 is 44.6 Å². The Morgan fingerprint density at radius 2 is 1.84 bits per heavy atom. The van der Waals surface area contributed by atoms with E-state index in [1.165, 1.54) is 0 Å². The van der Waals surface area contributed by atoms with Gasteiger partial charge in [-0.3, -0.25) is 9.59 Å². The Bertz CT molecular complexity index is 1070. The van der Waals surface area contributed by atoms with Crippen LogP contribution in [0, 0.1) is 5.92 Å². The van der Waals surface area contributed by atoms with E-state index in [-0.39, 0.29) is 17.4 Å². The van der Waals surface area contributed by atoms with Crippen molar-refractivity contribution < 1.29 is 18.0 Å². The highest BCUT2D eigenvalue weighted by Crippen LogP contribution is 2.28. The van der Waals surface area contributed by atoms with Gasteiger partial charge in [-0.25, -0.2) is 8.42 Å². The van der Waals surface area contributed by atoms with Crippen LogP contribution in [0.2, 0.25) is 5.02 Å². The summed E-state index contributed by atoms with van der Waals surface area (Å²) < 4.78 is 25.2. The molecule has 1 heterocycles. The number of nitrogens with one attached hydrogen (secondary N) is 3. The molecule has 3 N–H and O–H groups in total. The van der Waals surface area contributed by atoms with E-state index in [4.69, 9.17) is 11.6 Å². The topological polar surface area (TPSA) is 104 Å². The Hall–Kier alpha value is -2.58. The molecular formula is C22H26ClN3O4S. The van der Waals surface area contributed by atoms with Crippen LogP contribution in [0.1, 0.15) is 36.2 Å². The van der Waals surface area contributed by atoms with Gasteiger partial charge in [0.2, 0.25) is 5.91 Å². The van der Waals surface area contributed by atoms with Gasteiger partial charge in [-0.2, -0.15) is 0 Å². The standard InChI is InChI=1S/C22H26ClN3O4S/c1-14(2)9-10-24-21(27)16-5-8-18-19(11-16)26-22(28)20(25-18)13-31(29,30)12-15-3-6-17(23)7-4-15/h3-8,11,14,20,25H,9-10,12-13H2,1-2H3,(H,24,27)(H,26,28)/t20-/m0/s1. The second-order valence-corrected chi connectivity index (χ2v) is 10.6. The van der Waals surface area contributed by atoms with Crippen molar-refractivity contribution in [3.8, 4) is 0 Å². The number of sulfone groups is 1. The third-order valence-corrected chi connectivity index (χ3v) is 6.78. The summed E-state index contributed by atoms with van der Waals surface area (Å²) >= 11 is 5.84. The maximum absolute atomic E-state index is 12.6. The largest absolute Gasteiger partial charge is 0.371 e. The minimum absolute atomic E-state index is 0.183. The molecule has 1 aliphatic rings. The minimum atomic E-state index is -3.55. The molecule has 31 heavy (non-hydrogen) atoms. The monoisotopic (exact) mass is 463 g/mol. The van der Waals surface area contributed by atoms with Gasteiger partial charge in [-0.05, 0) is 48.2 Å². The average molecular weight is 464 g/mol. The highest BCUT2D eigenvalue weighted by Gasteiger charge is 2.30. The summed E-state index contributed by atoms with van der Waals surface area (Å²) in [6.45, 7) is 4.74. The van der Waals surface area contributed by atoms with Crippen molar-refractivity contribution in [1.29, 1.82) is 0 Å². The van der Waals surface area contributed by atoms with Crippen molar-refractivity contribution in [2.24, 2.45) is 5.92 Å². The van der Waals surface area contributed by atoms with E-state index >= 15 is 0 Å². The number of benzene rings is 2. The van der Waals surface area contributed by atoms with E-state index in [2.05, 4.69) is 29.8 Å². The van der Waals surface area contributed by atoms with Crippen LogP contribution >= 0.6 is 11.6 Å². The molecule has 0 saturated heterocycles. The zero-order valence-corrected chi connectivity index (χ0v) is 19.0. The van der Waals surface area contributed by atoms with E-state index < -0.39 is 21.8 Å². The van der Waals surface area contributed by atoms with E-state index in [0.29, 0.717) is 40.0 Å². The molecular weight excluding hydrogens is 438 g/mol. The summed E-state index contributed by atoms with van der Waals surface area (Å²) in [4.78, 5) is 24.8. The SMILES string of the molecule is CC(C)CCNC(=O)c1ccc2c(c1)NC(=O)[C@H](CS(=O)(=O)Cc1ccc(Cl)cc1)N2. The van der Waals surface area contributed by atoms with Gasteiger partial charge < -0.3 is 16.0 Å². The van der Waals surface area contributed by atoms with Crippen molar-refractivity contribution in [2.75, 3.05) is 22.9 Å². The molecule has 1 aliphatic heterocycles. The first-order chi connectivity index (χ1) is 14.6. The fraction of sp³-hybridized carbons (Fsp3) is 0.364. The number of carbonyl (C=O) groups is 2. The lowest BCUT2D eigenvalue weighted by Gasteiger charge is -2.27. The lowest BCUT2D eigenvalue weighted by Crippen LogP contribution is -2.43. The summed E-state index contributed by atoms with van der Waals surface area (Å²) in [5, 5.41) is 9.07. The van der Waals surface area contributed by atoms with E-state index in [0.717, 1.165) is 6.42 Å². The Morgan fingerprint density at radius 1 is 1.13 bits per heavy atom. The molecule has 0 spiro atoms. The van der Waals surface area contributed by atoms with Crippen LogP contribution in [-0.4, -0.2) is 38.6 Å². The molecule has 0 saturated carbocycles. The van der Waals surface area contributed by atoms with E-state index in [9.17, 15) is 18.0 Å². The Labute approximate surface area is 187 Å². The molecule has 9 heteroatoms. The van der Waals surface area contributed by atoms with Crippen molar-refractivity contribution in [3.63, 3.8) is 0 Å². The Morgan fingerprint density at radius 3 is 2.52 bits per heavy atom. The van der Waals surface area contributed by atoms with Gasteiger partial charge >= 0.3 is 0 Å². The number of amides is 2. The number of rotatable bonds is 8. The maximum Gasteiger partial charge on any atom is 0.251 e. The van der Waals surface area contributed by atoms with Gasteiger partial charge in [-0.15, -0.1) is 0 Å². The van der Waals surface area contributed by atoms with Gasteiger partial charge in [0.05, 0.1) is 22.9 Å². The first-order valence-electron chi connectivity index (χ1n) is 10.1. The van der Waals surface area contributed by atoms with Crippen LogP contribution in [0.15, 0.2) is 42.5 Å². The molecule has 0 bridgehead atoms. The zero-order chi connectivity index (χ0) is 22.6. The lowest BCUT2D eigenvalue weighted by molar-refractivity contribution is -0.116. The molecule has 2 aromatic carbocycles. The first-order valence-corrected chi connectivity index (χ1v) is 12.3. The second kappa shape index (κ2) is 9.70. The molecule has 3 rings (SSSR count). The van der Waals surface area contributed by atoms with Gasteiger partial charge in [0.1, 0.15) is 6.04 Å². The average Bonchev–Trinajstić information content (AvgIpc) is 2.69. The zero-order valence-electron chi connectivity index (χ0n) is 17.4. The van der Waals surface area contributed by atoms with Crippen molar-refractivity contribution in [2.45, 2.75) is 32.1 Å². The molecule has 2 aromatic rings. The minimum Gasteiger partial charge on any atom is -0.371 e. The molecule has 2 amide bonds. The van der Waals surface area contributed by atoms with Crippen LogP contribution < -0.4 is 16.0 Å². The predicted octanol–water partition coefficient (Wildman–Crippen LogP) is 3.46. The number of halogens is 1. The van der Waals surface area contributed by atoms with Crippen molar-refractivity contribution in [1.82, 2.24) is 5.32 Å². The summed E-state index contributed by atoms with van der Waals surface area (Å²) in [7, 11) is -3.55. The molecule has 7 nitrogen and oxygen atoms in total. The Balaban J connectivity index is 1.65. The fourth-order valence-electron chi connectivity index (χ4n) is 3.23. The molecule has 0 aromatic heterocycles. The van der Waals surface area contributed by atoms with Crippen LogP contribution in [0.3, 0.4) is 0 Å². The van der Waals surface area contributed by atoms with Crippen LogP contribution in [0.5, 0.6) is 0 Å². The molecule has 0 unspecified atom stereocenters. The second-order valence-electron chi connectivity index (χ2n) is 8.07. The summed E-state index contributed by atoms with van der Waals surface area (Å²) in [5.74, 6) is -0.716. The van der Waals surface area contributed by atoms with E-state index in [1.54, 1.807) is 42.5 Å². The third kappa shape index (κ3) is 6.45. The van der Waals surface area contributed by atoms with Gasteiger partial charge in [-0.1, -0.05) is 37.6 Å². The van der Waals surface area contributed by atoms with Gasteiger partial charge in [0, 0.05) is 17.1 Å². The molecule has 166 valence electrons. The predicted molar refractivity (Wildman–Crippen MR) is 123 cm³/mol. The normalized spacial score (nSPS) is 15.7. The maximum atomic E-state index is 12.6. The van der Waals surface area contributed by atoms with Gasteiger partial charge in [0.25, 0.3) is 5.91 Å². The summed E-state index contributed by atoms with van der Waals surface area (Å²) in [6, 6.07) is 10.5. The highest BCUT2D eigenvalue weighted by atomic mass is 35.5. The fourth-order valence-corrected chi connectivity index (χ4v) is 4.92. The highest BCUT2D eigenvalue weighted by molar-refractivity contribution is 7.90. The number of fused-ring (bicyclic) bond motifs is 1. The van der Waals surface area contributed by atoms with Crippen LogP contribution in [0.25, 0.3) is 0 Å². The lowest BCUT2D eigenvalue weighted by atomic mass is 10.1. The summed E-state index contributed by atoms with van der Waals surface area (Å²) in [5.41, 5.74) is 2.06. The van der Waals surface area contributed by atoms with Gasteiger partial charge in [0.15, 0.2) is 9.84 Å². The molecule has 0 aliphatic carbocycles. The van der Waals surface area contributed by atoms with Crippen LogP contribution in [-0.2, 0) is 20.4 Å². The van der Waals surface area contributed by atoms with Crippen LogP contribution in [0.4, 0.5) is 11.4 Å². The quantitative estimate of drug-likeness (QED) is 0.556. The third-order valence-electron chi connectivity index (χ3n) is 4.91.